The fourth-order valence-corrected chi connectivity index (χ4v) is 4.03. The van der Waals surface area contributed by atoms with Gasteiger partial charge in [0, 0.05) is 36.8 Å². The molecular formula is C27H34Cl3F2N5O3. The van der Waals surface area contributed by atoms with Crippen molar-refractivity contribution in [2.75, 3.05) is 59.4 Å². The Kier molecular flexibility index (Phi) is 15.4. The molecule has 2 aromatic rings. The molecule has 2 aliphatic rings. The largest absolute Gasteiger partial charge is 0.493 e. The number of aliphatic imine (C=N–C) groups is 2. The second-order valence-corrected chi connectivity index (χ2v) is 8.80. The molecule has 0 saturated carbocycles. The highest BCUT2D eigenvalue weighted by atomic mass is 35.5. The number of hydrogen-bond donors (Lipinski definition) is 2. The zero-order valence-corrected chi connectivity index (χ0v) is 24.9. The van der Waals surface area contributed by atoms with E-state index in [0.29, 0.717) is 29.5 Å². The van der Waals surface area contributed by atoms with Crippen LogP contribution >= 0.6 is 36.4 Å². The van der Waals surface area contributed by atoms with E-state index in [1.807, 2.05) is 0 Å². The second-order valence-electron chi connectivity index (χ2n) is 8.53. The maximum Gasteiger partial charge on any atom is 0.254 e. The van der Waals surface area contributed by atoms with Gasteiger partial charge in [-0.25, -0.2) is 8.78 Å². The fraction of sp³-hybridized carbons (Fsp3) is 0.370. The Morgan fingerprint density at radius 3 is 2.17 bits per heavy atom. The molecule has 4 rings (SSSR count). The monoisotopic (exact) mass is 619 g/mol. The SMILES string of the molecule is COc1ccc(C(=O)N(CC2=NCCN2)C/C(C)=C/c2ccc(F)cc2F)cc1OC.Cl.Cl.ClCC1=NCCN1. The Morgan fingerprint density at radius 1 is 1.00 bits per heavy atom. The average molecular weight is 621 g/mol. The molecule has 220 valence electrons. The molecule has 0 saturated heterocycles. The lowest BCUT2D eigenvalue weighted by molar-refractivity contribution is 0.0791. The number of methoxy groups -OCH3 is 2. The first-order chi connectivity index (χ1) is 18.3. The van der Waals surface area contributed by atoms with Gasteiger partial charge in [0.1, 0.15) is 23.3 Å². The lowest BCUT2D eigenvalue weighted by Crippen LogP contribution is -2.40. The normalized spacial score (nSPS) is 13.7. The third-order valence-corrected chi connectivity index (χ3v) is 5.93. The number of ether oxygens (including phenoxy) is 2. The second kappa shape index (κ2) is 17.6. The van der Waals surface area contributed by atoms with Crippen LogP contribution in [0, 0.1) is 11.6 Å². The molecule has 40 heavy (non-hydrogen) atoms. The third-order valence-electron chi connectivity index (χ3n) is 5.68. The Hall–Kier alpha value is -3.08. The number of rotatable bonds is 9. The van der Waals surface area contributed by atoms with Gasteiger partial charge in [0.05, 0.1) is 39.7 Å². The fourth-order valence-electron chi connectivity index (χ4n) is 3.85. The van der Waals surface area contributed by atoms with Gasteiger partial charge in [-0.1, -0.05) is 11.6 Å². The van der Waals surface area contributed by atoms with Crippen LogP contribution in [0.4, 0.5) is 8.78 Å². The molecule has 13 heteroatoms. The van der Waals surface area contributed by atoms with E-state index in [-0.39, 0.29) is 49.4 Å². The standard InChI is InChI=1S/C23H25F2N3O3.C4H7ClN2.2ClH/c1-15(10-16-4-6-18(24)12-19(16)25)13-28(14-22-26-8-9-27-22)23(29)17-5-7-20(30-2)21(11-17)31-3;5-3-4-6-1-2-7-4;;/h4-7,10-12H,8-9,13-14H2,1-3H3,(H,26,27);1-3H2,(H,6,7);2*1H/b15-10+;;;. The highest BCUT2D eigenvalue weighted by Crippen LogP contribution is 2.28. The molecule has 0 bridgehead atoms. The number of benzene rings is 2. The van der Waals surface area contributed by atoms with Gasteiger partial charge in [0.2, 0.25) is 0 Å². The minimum atomic E-state index is -0.654. The number of amides is 1. The first-order valence-corrected chi connectivity index (χ1v) is 12.6. The van der Waals surface area contributed by atoms with E-state index < -0.39 is 11.6 Å². The van der Waals surface area contributed by atoms with Crippen molar-refractivity contribution in [2.45, 2.75) is 6.92 Å². The smallest absolute Gasteiger partial charge is 0.254 e. The van der Waals surface area contributed by atoms with E-state index in [2.05, 4.69) is 20.6 Å². The van der Waals surface area contributed by atoms with Gasteiger partial charge in [-0.15, -0.1) is 36.4 Å². The summed E-state index contributed by atoms with van der Waals surface area (Å²) >= 11 is 5.41. The quantitative estimate of drug-likeness (QED) is 0.401. The topological polar surface area (TPSA) is 87.5 Å². The predicted octanol–water partition coefficient (Wildman–Crippen LogP) is 4.60. The lowest BCUT2D eigenvalue weighted by atomic mass is 10.1. The van der Waals surface area contributed by atoms with E-state index in [1.54, 1.807) is 36.1 Å². The molecule has 0 aliphatic carbocycles. The Labute approximate surface area is 250 Å². The number of alkyl halides is 1. The van der Waals surface area contributed by atoms with Crippen LogP contribution in [0.25, 0.3) is 6.08 Å². The molecule has 2 aromatic carbocycles. The Balaban J connectivity index is 0.000000776. The first kappa shape index (κ1) is 34.9. The summed E-state index contributed by atoms with van der Waals surface area (Å²) in [5, 5.41) is 6.19. The zero-order chi connectivity index (χ0) is 27.5. The van der Waals surface area contributed by atoms with E-state index in [9.17, 15) is 13.6 Å². The summed E-state index contributed by atoms with van der Waals surface area (Å²) in [5.74, 6) is 1.63. The van der Waals surface area contributed by atoms with Gasteiger partial charge in [-0.3, -0.25) is 14.8 Å². The van der Waals surface area contributed by atoms with Gasteiger partial charge in [0.25, 0.3) is 5.91 Å². The molecular weight excluding hydrogens is 587 g/mol. The Bertz CT molecular complexity index is 1230. The summed E-state index contributed by atoms with van der Waals surface area (Å²) in [6, 6.07) is 8.37. The van der Waals surface area contributed by atoms with Crippen LogP contribution < -0.4 is 20.1 Å². The molecule has 8 nitrogen and oxygen atoms in total. The van der Waals surface area contributed by atoms with Crippen molar-refractivity contribution in [3.63, 3.8) is 0 Å². The number of amidine groups is 2. The summed E-state index contributed by atoms with van der Waals surface area (Å²) in [6.45, 7) is 5.55. The Morgan fingerprint density at radius 2 is 1.65 bits per heavy atom. The predicted molar refractivity (Wildman–Crippen MR) is 161 cm³/mol. The summed E-state index contributed by atoms with van der Waals surface area (Å²) in [6.07, 6.45) is 1.60. The van der Waals surface area contributed by atoms with E-state index in [4.69, 9.17) is 21.1 Å². The number of carbonyl (C=O) groups excluding carboxylic acids is 1. The molecule has 0 radical (unpaired) electrons. The van der Waals surface area contributed by atoms with Crippen LogP contribution in [0.15, 0.2) is 52.0 Å². The highest BCUT2D eigenvalue weighted by Gasteiger charge is 2.21. The molecule has 1 amide bonds. The van der Waals surface area contributed by atoms with Crippen LogP contribution in [0.5, 0.6) is 11.5 Å². The molecule has 2 aliphatic heterocycles. The van der Waals surface area contributed by atoms with E-state index in [0.717, 1.165) is 42.9 Å². The highest BCUT2D eigenvalue weighted by molar-refractivity contribution is 6.28. The van der Waals surface area contributed by atoms with E-state index in [1.165, 1.54) is 26.4 Å². The number of nitrogens with one attached hydrogen (secondary N) is 2. The number of nitrogens with zero attached hydrogens (tertiary/aromatic N) is 3. The summed E-state index contributed by atoms with van der Waals surface area (Å²) < 4.78 is 37.8. The summed E-state index contributed by atoms with van der Waals surface area (Å²) in [4.78, 5) is 23.3. The van der Waals surface area contributed by atoms with Crippen LogP contribution in [0.2, 0.25) is 0 Å². The molecule has 0 unspecified atom stereocenters. The number of halogens is 5. The molecule has 0 spiro atoms. The van der Waals surface area contributed by atoms with E-state index >= 15 is 0 Å². The number of hydrogen-bond acceptors (Lipinski definition) is 7. The lowest BCUT2D eigenvalue weighted by Gasteiger charge is -2.24. The zero-order valence-electron chi connectivity index (χ0n) is 22.5. The van der Waals surface area contributed by atoms with Crippen molar-refractivity contribution in [3.05, 3.63) is 64.7 Å². The maximum atomic E-state index is 14.0. The van der Waals surface area contributed by atoms with Crippen molar-refractivity contribution in [1.29, 1.82) is 0 Å². The van der Waals surface area contributed by atoms with Gasteiger partial charge in [-0.2, -0.15) is 0 Å². The first-order valence-electron chi connectivity index (χ1n) is 12.1. The number of carbonyl (C=O) groups is 1. The minimum absolute atomic E-state index is 0. The van der Waals surface area contributed by atoms with Crippen molar-refractivity contribution in [2.24, 2.45) is 9.98 Å². The summed E-state index contributed by atoms with van der Waals surface area (Å²) in [5.41, 5.74) is 1.42. The van der Waals surface area contributed by atoms with Gasteiger partial charge in [0.15, 0.2) is 11.5 Å². The third kappa shape index (κ3) is 10.1. The summed E-state index contributed by atoms with van der Waals surface area (Å²) in [7, 11) is 3.03. The van der Waals surface area contributed by atoms with Crippen LogP contribution in [0.3, 0.4) is 0 Å². The van der Waals surface area contributed by atoms with Crippen LogP contribution in [-0.4, -0.2) is 81.8 Å². The molecule has 0 fully saturated rings. The van der Waals surface area contributed by atoms with Crippen molar-refractivity contribution < 1.29 is 23.0 Å². The molecule has 0 atom stereocenters. The minimum Gasteiger partial charge on any atom is -0.493 e. The molecule has 0 aromatic heterocycles. The van der Waals surface area contributed by atoms with Crippen molar-refractivity contribution in [3.8, 4) is 11.5 Å². The van der Waals surface area contributed by atoms with Crippen molar-refractivity contribution >= 4 is 60.1 Å². The average Bonchev–Trinajstić information content (AvgIpc) is 3.64. The van der Waals surface area contributed by atoms with Crippen molar-refractivity contribution in [1.82, 2.24) is 15.5 Å². The molecule has 2 heterocycles. The molecule has 2 N–H and O–H groups in total. The maximum absolute atomic E-state index is 14.0. The van der Waals surface area contributed by atoms with Crippen LogP contribution in [0.1, 0.15) is 22.8 Å². The van der Waals surface area contributed by atoms with Crippen LogP contribution in [-0.2, 0) is 0 Å². The van der Waals surface area contributed by atoms with Gasteiger partial charge < -0.3 is 25.0 Å². The van der Waals surface area contributed by atoms with Gasteiger partial charge in [-0.05, 0) is 37.3 Å². The van der Waals surface area contributed by atoms with Gasteiger partial charge >= 0.3 is 0 Å².